The normalized spacial score (nSPS) is 13.6. The standard InChI is InChI=1S/C16H21NO4/c1-10(2)13(16(20)21-4)17-14(11(3)18)15(19)12-8-6-5-7-9-12/h5-10,13-14,17H,1-4H3. The third kappa shape index (κ3) is 4.49. The van der Waals surface area contributed by atoms with Gasteiger partial charge in [0.25, 0.3) is 0 Å². The highest BCUT2D eigenvalue weighted by molar-refractivity contribution is 6.13. The third-order valence-corrected chi connectivity index (χ3v) is 3.20. The summed E-state index contributed by atoms with van der Waals surface area (Å²) < 4.78 is 4.72. The molecule has 5 nitrogen and oxygen atoms in total. The molecule has 114 valence electrons. The molecule has 0 amide bonds. The van der Waals surface area contributed by atoms with Gasteiger partial charge in [-0.15, -0.1) is 0 Å². The van der Waals surface area contributed by atoms with Gasteiger partial charge in [-0.25, -0.2) is 0 Å². The summed E-state index contributed by atoms with van der Waals surface area (Å²) in [6.07, 6.45) is 0. The van der Waals surface area contributed by atoms with Crippen LogP contribution >= 0.6 is 0 Å². The summed E-state index contributed by atoms with van der Waals surface area (Å²) >= 11 is 0. The summed E-state index contributed by atoms with van der Waals surface area (Å²) in [6, 6.07) is 6.76. The second-order valence-electron chi connectivity index (χ2n) is 5.19. The molecule has 0 aliphatic carbocycles. The molecule has 5 heteroatoms. The van der Waals surface area contributed by atoms with Crippen LogP contribution in [-0.2, 0) is 14.3 Å². The van der Waals surface area contributed by atoms with Crippen LogP contribution in [0.1, 0.15) is 31.1 Å². The van der Waals surface area contributed by atoms with E-state index in [2.05, 4.69) is 5.32 Å². The average Bonchev–Trinajstić information content (AvgIpc) is 2.47. The molecular weight excluding hydrogens is 270 g/mol. The van der Waals surface area contributed by atoms with Gasteiger partial charge >= 0.3 is 5.97 Å². The number of benzene rings is 1. The van der Waals surface area contributed by atoms with E-state index in [0.717, 1.165) is 0 Å². The molecule has 0 fully saturated rings. The number of Topliss-reactive ketones (excluding diaryl/α,β-unsaturated/α-hetero) is 2. The van der Waals surface area contributed by atoms with Gasteiger partial charge in [-0.1, -0.05) is 44.2 Å². The Morgan fingerprint density at radius 1 is 1.10 bits per heavy atom. The van der Waals surface area contributed by atoms with Crippen molar-refractivity contribution in [1.82, 2.24) is 5.32 Å². The molecule has 21 heavy (non-hydrogen) atoms. The summed E-state index contributed by atoms with van der Waals surface area (Å²) in [6.45, 7) is 4.96. The fraction of sp³-hybridized carbons (Fsp3) is 0.438. The van der Waals surface area contributed by atoms with E-state index in [1.807, 2.05) is 13.8 Å². The fourth-order valence-corrected chi connectivity index (χ4v) is 1.99. The zero-order chi connectivity index (χ0) is 16.0. The van der Waals surface area contributed by atoms with Gasteiger partial charge in [-0.05, 0) is 12.8 Å². The lowest BCUT2D eigenvalue weighted by atomic mass is 9.97. The smallest absolute Gasteiger partial charge is 0.323 e. The number of ether oxygens (including phenoxy) is 1. The predicted molar refractivity (Wildman–Crippen MR) is 79.0 cm³/mol. The first kappa shape index (κ1) is 17.0. The molecular formula is C16H21NO4. The van der Waals surface area contributed by atoms with Crippen molar-refractivity contribution >= 4 is 17.5 Å². The number of ketones is 2. The average molecular weight is 291 g/mol. The first-order valence-corrected chi connectivity index (χ1v) is 6.82. The number of methoxy groups -OCH3 is 1. The monoisotopic (exact) mass is 291 g/mol. The van der Waals surface area contributed by atoms with Crippen molar-refractivity contribution in [3.05, 3.63) is 35.9 Å². The molecule has 2 atom stereocenters. The molecule has 0 bridgehead atoms. The SMILES string of the molecule is COC(=O)C(NC(C(C)=O)C(=O)c1ccccc1)C(C)C. The van der Waals surface area contributed by atoms with Crippen molar-refractivity contribution in [3.63, 3.8) is 0 Å². The Morgan fingerprint density at radius 3 is 2.10 bits per heavy atom. The number of carbonyl (C=O) groups is 3. The quantitative estimate of drug-likeness (QED) is 0.469. The van der Waals surface area contributed by atoms with Crippen molar-refractivity contribution in [2.45, 2.75) is 32.9 Å². The molecule has 2 unspecified atom stereocenters. The summed E-state index contributed by atoms with van der Waals surface area (Å²) in [5.41, 5.74) is 0.428. The van der Waals surface area contributed by atoms with E-state index in [0.29, 0.717) is 5.56 Å². The Morgan fingerprint density at radius 2 is 1.67 bits per heavy atom. The van der Waals surface area contributed by atoms with Gasteiger partial charge in [0.1, 0.15) is 12.1 Å². The second-order valence-corrected chi connectivity index (χ2v) is 5.19. The Labute approximate surface area is 124 Å². The van der Waals surface area contributed by atoms with Crippen LogP contribution in [0.2, 0.25) is 0 Å². The second kappa shape index (κ2) is 7.69. The predicted octanol–water partition coefficient (Wildman–Crippen LogP) is 1.61. The maximum Gasteiger partial charge on any atom is 0.323 e. The van der Waals surface area contributed by atoms with E-state index >= 15 is 0 Å². The maximum atomic E-state index is 12.4. The van der Waals surface area contributed by atoms with Gasteiger partial charge in [0.05, 0.1) is 7.11 Å². The molecule has 0 aliphatic rings. The molecule has 0 spiro atoms. The Hall–Kier alpha value is -2.01. The van der Waals surface area contributed by atoms with Crippen LogP contribution in [0.15, 0.2) is 30.3 Å². The molecule has 1 N–H and O–H groups in total. The minimum atomic E-state index is -1.06. The number of carbonyl (C=O) groups excluding carboxylic acids is 3. The van der Waals surface area contributed by atoms with Gasteiger partial charge in [-0.3, -0.25) is 19.7 Å². The highest BCUT2D eigenvalue weighted by Gasteiger charge is 2.32. The Kier molecular flexibility index (Phi) is 6.24. The lowest BCUT2D eigenvalue weighted by Crippen LogP contribution is -2.53. The van der Waals surface area contributed by atoms with Crippen molar-refractivity contribution < 1.29 is 19.1 Å². The van der Waals surface area contributed by atoms with Crippen molar-refractivity contribution in [1.29, 1.82) is 0 Å². The van der Waals surface area contributed by atoms with E-state index < -0.39 is 18.1 Å². The van der Waals surface area contributed by atoms with Gasteiger partial charge in [0.2, 0.25) is 0 Å². The van der Waals surface area contributed by atoms with Crippen LogP contribution in [0.5, 0.6) is 0 Å². The number of nitrogens with one attached hydrogen (secondary N) is 1. The molecule has 0 saturated carbocycles. The van der Waals surface area contributed by atoms with Gasteiger partial charge in [0.15, 0.2) is 11.6 Å². The highest BCUT2D eigenvalue weighted by Crippen LogP contribution is 2.09. The van der Waals surface area contributed by atoms with E-state index in [-0.39, 0.29) is 17.5 Å². The van der Waals surface area contributed by atoms with Gasteiger partial charge < -0.3 is 4.74 Å². The molecule has 1 aromatic rings. The van der Waals surface area contributed by atoms with E-state index in [4.69, 9.17) is 4.74 Å². The minimum Gasteiger partial charge on any atom is -0.468 e. The van der Waals surface area contributed by atoms with E-state index in [1.165, 1.54) is 14.0 Å². The van der Waals surface area contributed by atoms with Gasteiger partial charge in [0, 0.05) is 5.56 Å². The van der Waals surface area contributed by atoms with Crippen molar-refractivity contribution in [2.75, 3.05) is 7.11 Å². The first-order chi connectivity index (χ1) is 9.88. The largest absolute Gasteiger partial charge is 0.468 e. The Bertz CT molecular complexity index is 510. The molecule has 0 saturated heterocycles. The summed E-state index contributed by atoms with van der Waals surface area (Å²) in [7, 11) is 1.28. The lowest BCUT2D eigenvalue weighted by molar-refractivity contribution is -0.144. The topological polar surface area (TPSA) is 72.5 Å². The number of rotatable bonds is 7. The van der Waals surface area contributed by atoms with Crippen LogP contribution in [0, 0.1) is 5.92 Å². The zero-order valence-corrected chi connectivity index (χ0v) is 12.8. The zero-order valence-electron chi connectivity index (χ0n) is 12.8. The summed E-state index contributed by atoms with van der Waals surface area (Å²) in [5, 5.41) is 2.83. The van der Waals surface area contributed by atoms with Crippen LogP contribution in [0.3, 0.4) is 0 Å². The molecule has 0 aliphatic heterocycles. The molecule has 1 rings (SSSR count). The van der Waals surface area contributed by atoms with Crippen LogP contribution < -0.4 is 5.32 Å². The summed E-state index contributed by atoms with van der Waals surface area (Å²) in [5.74, 6) is -1.28. The number of hydrogen-bond donors (Lipinski definition) is 1. The van der Waals surface area contributed by atoms with E-state index in [9.17, 15) is 14.4 Å². The number of esters is 1. The first-order valence-electron chi connectivity index (χ1n) is 6.82. The van der Waals surface area contributed by atoms with Crippen LogP contribution in [-0.4, -0.2) is 36.7 Å². The maximum absolute atomic E-state index is 12.4. The van der Waals surface area contributed by atoms with Crippen LogP contribution in [0.25, 0.3) is 0 Å². The highest BCUT2D eigenvalue weighted by atomic mass is 16.5. The third-order valence-electron chi connectivity index (χ3n) is 3.20. The van der Waals surface area contributed by atoms with Gasteiger partial charge in [-0.2, -0.15) is 0 Å². The number of hydrogen-bond acceptors (Lipinski definition) is 5. The molecule has 0 heterocycles. The minimum absolute atomic E-state index is 0.108. The van der Waals surface area contributed by atoms with Crippen LogP contribution in [0.4, 0.5) is 0 Å². The molecule has 0 radical (unpaired) electrons. The fourth-order valence-electron chi connectivity index (χ4n) is 1.99. The van der Waals surface area contributed by atoms with Crippen molar-refractivity contribution in [2.24, 2.45) is 5.92 Å². The lowest BCUT2D eigenvalue weighted by Gasteiger charge is -2.24. The van der Waals surface area contributed by atoms with Crippen molar-refractivity contribution in [3.8, 4) is 0 Å². The van der Waals surface area contributed by atoms with E-state index in [1.54, 1.807) is 30.3 Å². The summed E-state index contributed by atoms with van der Waals surface area (Å²) in [4.78, 5) is 36.0. The Balaban J connectivity index is 2.99. The molecule has 0 aromatic heterocycles. The molecule has 1 aromatic carbocycles.